The first-order valence-corrected chi connectivity index (χ1v) is 9.81. The third-order valence-corrected chi connectivity index (χ3v) is 6.02. The Morgan fingerprint density at radius 1 is 1.30 bits per heavy atom. The zero-order valence-electron chi connectivity index (χ0n) is 16.1. The van der Waals surface area contributed by atoms with Crippen LogP contribution in [0.2, 0.25) is 0 Å². The molecule has 0 aliphatic carbocycles. The third kappa shape index (κ3) is 5.01. The van der Waals surface area contributed by atoms with Crippen molar-refractivity contribution in [2.75, 3.05) is 12.9 Å². The van der Waals surface area contributed by atoms with Gasteiger partial charge < -0.3 is 20.6 Å². The minimum Gasteiger partial charge on any atom is -0.381 e. The van der Waals surface area contributed by atoms with Crippen molar-refractivity contribution in [3.05, 3.63) is 35.9 Å². The number of likely N-dealkylation sites (N-methyl/N-ethyl adjacent to an activating group) is 1. The van der Waals surface area contributed by atoms with Crippen LogP contribution in [-0.2, 0) is 20.8 Å². The second-order valence-electron chi connectivity index (χ2n) is 7.14. The van der Waals surface area contributed by atoms with E-state index in [1.807, 2.05) is 44.2 Å². The highest BCUT2D eigenvalue weighted by Gasteiger charge is 2.49. The van der Waals surface area contributed by atoms with E-state index in [2.05, 4.69) is 10.6 Å². The van der Waals surface area contributed by atoms with Crippen LogP contribution in [-0.4, -0.2) is 63.6 Å². The lowest BCUT2D eigenvalue weighted by Crippen LogP contribution is -2.58. The maximum absolute atomic E-state index is 13.0. The average Bonchev–Trinajstić information content (AvgIpc) is 2.95. The van der Waals surface area contributed by atoms with Gasteiger partial charge in [-0.15, -0.1) is 11.8 Å². The summed E-state index contributed by atoms with van der Waals surface area (Å²) < 4.78 is -0.474. The molecule has 3 amide bonds. The fourth-order valence-electron chi connectivity index (χ4n) is 3.26. The van der Waals surface area contributed by atoms with Crippen molar-refractivity contribution in [3.63, 3.8) is 0 Å². The average molecular weight is 394 g/mol. The van der Waals surface area contributed by atoms with Crippen LogP contribution >= 0.6 is 11.8 Å². The molecule has 0 spiro atoms. The van der Waals surface area contributed by atoms with Gasteiger partial charge in [-0.1, -0.05) is 30.3 Å². The van der Waals surface area contributed by atoms with E-state index in [1.165, 1.54) is 30.6 Å². The summed E-state index contributed by atoms with van der Waals surface area (Å²) in [6, 6.07) is 7.85. The molecule has 0 radical (unpaired) electrons. The van der Waals surface area contributed by atoms with Gasteiger partial charge in [0.2, 0.25) is 11.8 Å². The number of rotatable bonds is 6. The molecule has 27 heavy (non-hydrogen) atoms. The van der Waals surface area contributed by atoms with Crippen molar-refractivity contribution in [2.24, 2.45) is 0 Å². The number of aliphatic hydroxyl groups is 1. The topological polar surface area (TPSA) is 98.7 Å². The van der Waals surface area contributed by atoms with Crippen LogP contribution in [0.1, 0.15) is 26.3 Å². The summed E-state index contributed by atoms with van der Waals surface area (Å²) in [6.45, 7) is 5.14. The molecule has 1 aromatic rings. The van der Waals surface area contributed by atoms with Crippen molar-refractivity contribution in [3.8, 4) is 0 Å². The van der Waals surface area contributed by atoms with E-state index in [-0.39, 0.29) is 11.8 Å². The molecule has 1 aliphatic rings. The monoisotopic (exact) mass is 393 g/mol. The van der Waals surface area contributed by atoms with E-state index in [0.29, 0.717) is 12.3 Å². The Morgan fingerprint density at radius 3 is 2.48 bits per heavy atom. The van der Waals surface area contributed by atoms with E-state index in [0.717, 1.165) is 5.56 Å². The first kappa shape index (κ1) is 21.2. The standard InChI is InChI=1S/C19H27N3O4S/c1-12(23)21-14(10-13-8-6-5-7-9-13)15(24)18(26)22-11-27-19(2,3)16(22)17(25)20-4/h5-9,14-16,24H,10-11H2,1-4H3,(H,20,25)(H,21,23)/t14-,15-,16?/m0/s1. The molecule has 1 unspecified atom stereocenters. The Bertz CT molecular complexity index is 695. The van der Waals surface area contributed by atoms with Crippen LogP contribution in [0.5, 0.6) is 0 Å². The van der Waals surface area contributed by atoms with Gasteiger partial charge in [-0.2, -0.15) is 0 Å². The maximum atomic E-state index is 13.0. The van der Waals surface area contributed by atoms with Crippen molar-refractivity contribution in [1.29, 1.82) is 0 Å². The Morgan fingerprint density at radius 2 is 1.93 bits per heavy atom. The molecule has 0 saturated carbocycles. The van der Waals surface area contributed by atoms with Gasteiger partial charge in [0, 0.05) is 18.7 Å². The Kier molecular flexibility index (Phi) is 6.89. The summed E-state index contributed by atoms with van der Waals surface area (Å²) in [5.74, 6) is -0.859. The summed E-state index contributed by atoms with van der Waals surface area (Å²) in [7, 11) is 1.52. The highest BCUT2D eigenvalue weighted by atomic mass is 32.2. The number of carbonyl (C=O) groups excluding carboxylic acids is 3. The summed E-state index contributed by atoms with van der Waals surface area (Å²) >= 11 is 1.48. The minimum atomic E-state index is -1.45. The number of hydrogen-bond acceptors (Lipinski definition) is 5. The third-order valence-electron chi connectivity index (χ3n) is 4.64. The van der Waals surface area contributed by atoms with Crippen LogP contribution in [0.15, 0.2) is 30.3 Å². The normalized spacial score (nSPS) is 20.6. The van der Waals surface area contributed by atoms with Crippen LogP contribution < -0.4 is 10.6 Å². The number of nitrogens with one attached hydrogen (secondary N) is 2. The molecule has 3 atom stereocenters. The summed E-state index contributed by atoms with van der Waals surface area (Å²) in [5.41, 5.74) is 0.891. The number of carbonyl (C=O) groups is 3. The number of amides is 3. The van der Waals surface area contributed by atoms with E-state index < -0.39 is 28.8 Å². The lowest BCUT2D eigenvalue weighted by molar-refractivity contribution is -0.147. The van der Waals surface area contributed by atoms with Gasteiger partial charge in [0.15, 0.2) is 6.10 Å². The molecule has 0 aromatic heterocycles. The van der Waals surface area contributed by atoms with Gasteiger partial charge in [-0.05, 0) is 25.8 Å². The highest BCUT2D eigenvalue weighted by molar-refractivity contribution is 8.00. The highest BCUT2D eigenvalue weighted by Crippen LogP contribution is 2.39. The van der Waals surface area contributed by atoms with Crippen molar-refractivity contribution in [2.45, 2.75) is 50.1 Å². The summed E-state index contributed by atoms with van der Waals surface area (Å²) in [4.78, 5) is 38.3. The molecular weight excluding hydrogens is 366 g/mol. The maximum Gasteiger partial charge on any atom is 0.254 e. The SMILES string of the molecule is CNC(=O)C1N(C(=O)[C@@H](O)[C@H](Cc2ccccc2)NC(C)=O)CSC1(C)C. The van der Waals surface area contributed by atoms with Crippen molar-refractivity contribution in [1.82, 2.24) is 15.5 Å². The Hall–Kier alpha value is -2.06. The molecule has 1 saturated heterocycles. The number of aliphatic hydroxyl groups excluding tert-OH is 1. The largest absolute Gasteiger partial charge is 0.381 e. The van der Waals surface area contributed by atoms with E-state index in [1.54, 1.807) is 0 Å². The summed E-state index contributed by atoms with van der Waals surface area (Å²) in [6.07, 6.45) is -1.14. The molecule has 7 nitrogen and oxygen atoms in total. The number of nitrogens with zero attached hydrogens (tertiary/aromatic N) is 1. The molecule has 1 aromatic carbocycles. The molecule has 1 aliphatic heterocycles. The zero-order chi connectivity index (χ0) is 20.2. The number of benzene rings is 1. The molecule has 1 heterocycles. The van der Waals surface area contributed by atoms with Gasteiger partial charge in [-0.25, -0.2) is 0 Å². The Labute approximate surface area is 163 Å². The fraction of sp³-hybridized carbons (Fsp3) is 0.526. The van der Waals surface area contributed by atoms with E-state index in [4.69, 9.17) is 0 Å². The molecule has 8 heteroatoms. The van der Waals surface area contributed by atoms with Gasteiger partial charge in [-0.3, -0.25) is 14.4 Å². The van der Waals surface area contributed by atoms with Crippen molar-refractivity contribution >= 4 is 29.5 Å². The van der Waals surface area contributed by atoms with Gasteiger partial charge >= 0.3 is 0 Å². The molecule has 3 N–H and O–H groups in total. The molecular formula is C19H27N3O4S. The lowest BCUT2D eigenvalue weighted by Gasteiger charge is -2.33. The van der Waals surface area contributed by atoms with E-state index in [9.17, 15) is 19.5 Å². The first-order valence-electron chi connectivity index (χ1n) is 8.82. The van der Waals surface area contributed by atoms with Gasteiger partial charge in [0.05, 0.1) is 11.9 Å². The van der Waals surface area contributed by atoms with Gasteiger partial charge in [0.1, 0.15) is 6.04 Å². The molecule has 2 rings (SSSR count). The summed E-state index contributed by atoms with van der Waals surface area (Å²) in [5, 5.41) is 16.0. The van der Waals surface area contributed by atoms with E-state index >= 15 is 0 Å². The van der Waals surface area contributed by atoms with Crippen molar-refractivity contribution < 1.29 is 19.5 Å². The number of thioether (sulfide) groups is 1. The lowest BCUT2D eigenvalue weighted by atomic mass is 9.97. The van der Waals surface area contributed by atoms with Crippen LogP contribution in [0.4, 0.5) is 0 Å². The van der Waals surface area contributed by atoms with Crippen LogP contribution in [0.3, 0.4) is 0 Å². The van der Waals surface area contributed by atoms with Gasteiger partial charge in [0.25, 0.3) is 5.91 Å². The second kappa shape index (κ2) is 8.75. The smallest absolute Gasteiger partial charge is 0.254 e. The predicted octanol–water partition coefficient (Wildman–Crippen LogP) is 0.521. The first-order chi connectivity index (χ1) is 12.7. The fourth-order valence-corrected chi connectivity index (χ4v) is 4.40. The molecule has 148 valence electrons. The molecule has 0 bridgehead atoms. The number of hydrogen-bond donors (Lipinski definition) is 3. The zero-order valence-corrected chi connectivity index (χ0v) is 16.9. The minimum absolute atomic E-state index is 0.273. The Balaban J connectivity index is 2.22. The molecule has 1 fully saturated rings. The predicted molar refractivity (Wildman–Crippen MR) is 105 cm³/mol. The van der Waals surface area contributed by atoms with Crippen LogP contribution in [0.25, 0.3) is 0 Å². The van der Waals surface area contributed by atoms with Crippen LogP contribution in [0, 0.1) is 0 Å². The second-order valence-corrected chi connectivity index (χ2v) is 8.74. The quantitative estimate of drug-likeness (QED) is 0.655.